The number of imide groups is 1. The van der Waals surface area contributed by atoms with Crippen molar-refractivity contribution < 1.29 is 9.59 Å². The van der Waals surface area contributed by atoms with Crippen LogP contribution in [0.5, 0.6) is 0 Å². The van der Waals surface area contributed by atoms with Gasteiger partial charge in [0.15, 0.2) is 5.16 Å². The third-order valence-corrected chi connectivity index (χ3v) is 6.52. The first kappa shape index (κ1) is 20.9. The van der Waals surface area contributed by atoms with Crippen molar-refractivity contribution in [1.29, 1.82) is 0 Å². The van der Waals surface area contributed by atoms with Gasteiger partial charge in [-0.05, 0) is 25.7 Å². The van der Waals surface area contributed by atoms with Crippen molar-refractivity contribution in [3.8, 4) is 0 Å². The summed E-state index contributed by atoms with van der Waals surface area (Å²) in [5.74, 6) is 1.26. The van der Waals surface area contributed by atoms with Crippen molar-refractivity contribution in [2.24, 2.45) is 0 Å². The lowest BCUT2D eigenvalue weighted by atomic mass is 9.89. The molecule has 0 spiro atoms. The Morgan fingerprint density at radius 3 is 2.43 bits per heavy atom. The number of urea groups is 1. The van der Waals surface area contributed by atoms with Crippen LogP contribution < -0.4 is 10.6 Å². The minimum atomic E-state index is -0.395. The molecule has 0 radical (unpaired) electrons. The molecule has 2 aliphatic rings. The molecule has 0 atom stereocenters. The third kappa shape index (κ3) is 5.83. The molecular formula is C20H31N5O2S. The molecule has 0 saturated heterocycles. The molecule has 1 heterocycles. The van der Waals surface area contributed by atoms with Gasteiger partial charge >= 0.3 is 6.03 Å². The Morgan fingerprint density at radius 2 is 1.75 bits per heavy atom. The van der Waals surface area contributed by atoms with Gasteiger partial charge in [0.25, 0.3) is 0 Å². The average molecular weight is 406 g/mol. The van der Waals surface area contributed by atoms with Crippen LogP contribution in [0.1, 0.15) is 76.0 Å². The Labute approximate surface area is 171 Å². The van der Waals surface area contributed by atoms with E-state index in [0.717, 1.165) is 44.3 Å². The van der Waals surface area contributed by atoms with E-state index in [4.69, 9.17) is 0 Å². The first-order chi connectivity index (χ1) is 13.7. The molecule has 0 bridgehead atoms. The maximum Gasteiger partial charge on any atom is 0.321 e. The van der Waals surface area contributed by atoms with Crippen molar-refractivity contribution in [1.82, 2.24) is 25.4 Å². The molecule has 0 aromatic carbocycles. The molecule has 2 saturated carbocycles. The Hall–Kier alpha value is -1.83. The SMILES string of the molecule is C=CCn1c(SCC(=O)NC(=O)NC2CCCCC2)nnc1C1CCCCC1. The zero-order chi connectivity index (χ0) is 19.8. The summed E-state index contributed by atoms with van der Waals surface area (Å²) in [4.78, 5) is 24.2. The fourth-order valence-electron chi connectivity index (χ4n) is 4.13. The summed E-state index contributed by atoms with van der Waals surface area (Å²) in [6.07, 6.45) is 13.3. The topological polar surface area (TPSA) is 88.9 Å². The summed E-state index contributed by atoms with van der Waals surface area (Å²) < 4.78 is 2.06. The van der Waals surface area contributed by atoms with Gasteiger partial charge in [-0.25, -0.2) is 4.79 Å². The number of aromatic nitrogens is 3. The first-order valence-electron chi connectivity index (χ1n) is 10.4. The van der Waals surface area contributed by atoms with Gasteiger partial charge in [0.2, 0.25) is 5.91 Å². The number of hydrogen-bond acceptors (Lipinski definition) is 5. The van der Waals surface area contributed by atoms with E-state index in [2.05, 4.69) is 32.0 Å². The smallest absolute Gasteiger partial charge is 0.321 e. The van der Waals surface area contributed by atoms with Gasteiger partial charge in [-0.1, -0.05) is 56.4 Å². The molecule has 0 aliphatic heterocycles. The zero-order valence-electron chi connectivity index (χ0n) is 16.5. The lowest BCUT2D eigenvalue weighted by Gasteiger charge is -2.22. The predicted octanol–water partition coefficient (Wildman–Crippen LogP) is 3.76. The van der Waals surface area contributed by atoms with Crippen LogP contribution in [0.3, 0.4) is 0 Å². The lowest BCUT2D eigenvalue weighted by molar-refractivity contribution is -0.117. The Kier molecular flexibility index (Phi) is 7.94. The van der Waals surface area contributed by atoms with Crippen LogP contribution in [0, 0.1) is 0 Å². The molecule has 1 aromatic heterocycles. The summed E-state index contributed by atoms with van der Waals surface area (Å²) in [6, 6.07) is -0.212. The highest BCUT2D eigenvalue weighted by atomic mass is 32.2. The zero-order valence-corrected chi connectivity index (χ0v) is 17.3. The van der Waals surface area contributed by atoms with Crippen LogP contribution in [-0.4, -0.2) is 38.5 Å². The summed E-state index contributed by atoms with van der Waals surface area (Å²) in [6.45, 7) is 4.47. The number of allylic oxidation sites excluding steroid dienone is 1. The molecule has 7 nitrogen and oxygen atoms in total. The maximum absolute atomic E-state index is 12.2. The van der Waals surface area contributed by atoms with Crippen molar-refractivity contribution in [3.05, 3.63) is 18.5 Å². The number of thioether (sulfide) groups is 1. The fraction of sp³-hybridized carbons (Fsp3) is 0.700. The predicted molar refractivity (Wildman–Crippen MR) is 110 cm³/mol. The molecule has 2 fully saturated rings. The molecule has 154 valence electrons. The normalized spacial score (nSPS) is 18.6. The van der Waals surface area contributed by atoms with Crippen LogP contribution in [0.15, 0.2) is 17.8 Å². The van der Waals surface area contributed by atoms with Gasteiger partial charge < -0.3 is 9.88 Å². The highest BCUT2D eigenvalue weighted by Crippen LogP contribution is 2.33. The van der Waals surface area contributed by atoms with Crippen LogP contribution >= 0.6 is 11.8 Å². The van der Waals surface area contributed by atoms with Gasteiger partial charge in [0.05, 0.1) is 5.75 Å². The molecule has 2 N–H and O–H groups in total. The molecule has 3 amide bonds. The highest BCUT2D eigenvalue weighted by molar-refractivity contribution is 7.99. The van der Waals surface area contributed by atoms with Crippen molar-refractivity contribution in [2.45, 2.75) is 87.9 Å². The summed E-state index contributed by atoms with van der Waals surface area (Å²) in [5.41, 5.74) is 0. The quantitative estimate of drug-likeness (QED) is 0.532. The largest absolute Gasteiger partial charge is 0.335 e. The van der Waals surface area contributed by atoms with Gasteiger partial charge in [-0.3, -0.25) is 10.1 Å². The minimum absolute atomic E-state index is 0.137. The highest BCUT2D eigenvalue weighted by Gasteiger charge is 2.23. The van der Waals surface area contributed by atoms with E-state index < -0.39 is 6.03 Å². The third-order valence-electron chi connectivity index (χ3n) is 5.55. The number of carbonyl (C=O) groups excluding carboxylic acids is 2. The second-order valence-corrected chi connectivity index (χ2v) is 8.66. The molecule has 8 heteroatoms. The fourth-order valence-corrected chi connectivity index (χ4v) is 4.89. The van der Waals surface area contributed by atoms with E-state index >= 15 is 0 Å². The number of rotatable bonds is 7. The number of carbonyl (C=O) groups is 2. The number of nitrogens with one attached hydrogen (secondary N) is 2. The molecule has 0 unspecified atom stereocenters. The van der Waals surface area contributed by atoms with Crippen molar-refractivity contribution in [2.75, 3.05) is 5.75 Å². The molecule has 1 aromatic rings. The second-order valence-electron chi connectivity index (χ2n) is 7.72. The van der Waals surface area contributed by atoms with Gasteiger partial charge in [-0.15, -0.1) is 16.8 Å². The number of amides is 3. The van der Waals surface area contributed by atoms with E-state index in [1.165, 1.54) is 37.4 Å². The van der Waals surface area contributed by atoms with Gasteiger partial charge in [0.1, 0.15) is 5.82 Å². The van der Waals surface area contributed by atoms with Gasteiger partial charge in [0, 0.05) is 18.5 Å². The van der Waals surface area contributed by atoms with Crippen LogP contribution in [-0.2, 0) is 11.3 Å². The van der Waals surface area contributed by atoms with Gasteiger partial charge in [-0.2, -0.15) is 0 Å². The average Bonchev–Trinajstić information content (AvgIpc) is 3.11. The monoisotopic (exact) mass is 405 g/mol. The number of nitrogens with zero attached hydrogens (tertiary/aromatic N) is 3. The first-order valence-corrected chi connectivity index (χ1v) is 11.4. The maximum atomic E-state index is 12.2. The van der Waals surface area contributed by atoms with Crippen LogP contribution in [0.25, 0.3) is 0 Å². The van der Waals surface area contributed by atoms with Crippen molar-refractivity contribution >= 4 is 23.7 Å². The Bertz CT molecular complexity index is 678. The molecule has 3 rings (SSSR count). The lowest BCUT2D eigenvalue weighted by Crippen LogP contribution is -2.45. The van der Waals surface area contributed by atoms with Crippen molar-refractivity contribution in [3.63, 3.8) is 0 Å². The van der Waals surface area contributed by atoms with E-state index in [9.17, 15) is 9.59 Å². The summed E-state index contributed by atoms with van der Waals surface area (Å²) in [7, 11) is 0. The van der Waals surface area contributed by atoms with E-state index in [1.807, 2.05) is 6.08 Å². The second kappa shape index (κ2) is 10.6. The number of hydrogen-bond donors (Lipinski definition) is 2. The summed E-state index contributed by atoms with van der Waals surface area (Å²) in [5, 5.41) is 14.8. The van der Waals surface area contributed by atoms with Crippen LogP contribution in [0.2, 0.25) is 0 Å². The van der Waals surface area contributed by atoms with Crippen LogP contribution in [0.4, 0.5) is 4.79 Å². The van der Waals surface area contributed by atoms with E-state index in [0.29, 0.717) is 17.6 Å². The minimum Gasteiger partial charge on any atom is -0.335 e. The standard InChI is InChI=1S/C20H31N5O2S/c1-2-13-25-18(15-9-5-3-6-10-15)23-24-20(25)28-14-17(26)22-19(27)21-16-11-7-4-8-12-16/h2,15-16H,1,3-14H2,(H2,21,22,26,27). The van der Waals surface area contributed by atoms with E-state index in [-0.39, 0.29) is 17.7 Å². The van der Waals surface area contributed by atoms with E-state index in [1.54, 1.807) is 0 Å². The molecular weight excluding hydrogens is 374 g/mol. The Morgan fingerprint density at radius 1 is 1.07 bits per heavy atom. The molecule has 28 heavy (non-hydrogen) atoms. The Balaban J connectivity index is 1.51. The molecule has 2 aliphatic carbocycles. The summed E-state index contributed by atoms with van der Waals surface area (Å²) >= 11 is 1.32.